The number of benzene rings is 1. The van der Waals surface area contributed by atoms with Crippen LogP contribution in [0.5, 0.6) is 5.75 Å². The highest BCUT2D eigenvalue weighted by atomic mass is 35.5. The lowest BCUT2D eigenvalue weighted by Gasteiger charge is -2.16. The average Bonchev–Trinajstić information content (AvgIpc) is 2.27. The van der Waals surface area contributed by atoms with Crippen molar-refractivity contribution in [2.45, 2.75) is 32.5 Å². The minimum Gasteiger partial charge on any atom is -0.495 e. The van der Waals surface area contributed by atoms with Gasteiger partial charge in [0.1, 0.15) is 5.75 Å². The molecule has 0 aromatic heterocycles. The summed E-state index contributed by atoms with van der Waals surface area (Å²) in [4.78, 5) is 11.1. The van der Waals surface area contributed by atoms with Gasteiger partial charge < -0.3 is 14.6 Å². The molecule has 0 saturated heterocycles. The fraction of sp³-hybridized carbons (Fsp3) is 0.462. The molecule has 0 spiro atoms. The minimum absolute atomic E-state index is 0.139. The normalized spacial score (nSPS) is 12.5. The molecule has 0 aliphatic carbocycles. The second kappa shape index (κ2) is 6.61. The van der Waals surface area contributed by atoms with Gasteiger partial charge in [-0.25, -0.2) is 4.79 Å². The SMILES string of the molecule is COc1ccc(C[C@@H](OC(C)C)C(=O)O)cc1Cl. The zero-order valence-corrected chi connectivity index (χ0v) is 11.4. The first kappa shape index (κ1) is 14.8. The van der Waals surface area contributed by atoms with Gasteiger partial charge in [0, 0.05) is 6.42 Å². The van der Waals surface area contributed by atoms with Crippen molar-refractivity contribution in [3.05, 3.63) is 28.8 Å². The van der Waals surface area contributed by atoms with E-state index in [1.165, 1.54) is 7.11 Å². The van der Waals surface area contributed by atoms with Crippen LogP contribution in [0.4, 0.5) is 0 Å². The van der Waals surface area contributed by atoms with Crippen molar-refractivity contribution in [3.8, 4) is 5.75 Å². The summed E-state index contributed by atoms with van der Waals surface area (Å²) in [7, 11) is 1.53. The highest BCUT2D eigenvalue weighted by molar-refractivity contribution is 6.32. The summed E-state index contributed by atoms with van der Waals surface area (Å²) in [6, 6.07) is 5.19. The topological polar surface area (TPSA) is 55.8 Å². The highest BCUT2D eigenvalue weighted by Crippen LogP contribution is 2.25. The lowest BCUT2D eigenvalue weighted by molar-refractivity contribution is -0.153. The Morgan fingerprint density at radius 1 is 1.44 bits per heavy atom. The standard InChI is InChI=1S/C13H17ClO4/c1-8(2)18-12(13(15)16)7-9-4-5-11(17-3)10(14)6-9/h4-6,8,12H,7H2,1-3H3,(H,15,16)/t12-/m1/s1. The molecule has 1 atom stereocenters. The van der Waals surface area contributed by atoms with Gasteiger partial charge in [-0.05, 0) is 31.5 Å². The van der Waals surface area contributed by atoms with Crippen LogP contribution in [0.15, 0.2) is 18.2 Å². The van der Waals surface area contributed by atoms with E-state index in [9.17, 15) is 4.79 Å². The molecule has 0 unspecified atom stereocenters. The molecule has 1 aromatic rings. The Morgan fingerprint density at radius 3 is 2.56 bits per heavy atom. The second-order valence-electron chi connectivity index (χ2n) is 4.18. The number of methoxy groups -OCH3 is 1. The van der Waals surface area contributed by atoms with Crippen molar-refractivity contribution < 1.29 is 19.4 Å². The maximum absolute atomic E-state index is 11.1. The number of hydrogen-bond donors (Lipinski definition) is 1. The molecule has 1 aromatic carbocycles. The van der Waals surface area contributed by atoms with Gasteiger partial charge in [0.2, 0.25) is 0 Å². The first-order chi connectivity index (χ1) is 8.43. The van der Waals surface area contributed by atoms with Crippen LogP contribution in [0.1, 0.15) is 19.4 Å². The van der Waals surface area contributed by atoms with Gasteiger partial charge in [-0.15, -0.1) is 0 Å². The summed E-state index contributed by atoms with van der Waals surface area (Å²) in [6.45, 7) is 3.61. The van der Waals surface area contributed by atoms with E-state index < -0.39 is 12.1 Å². The van der Waals surface area contributed by atoms with Gasteiger partial charge >= 0.3 is 5.97 Å². The summed E-state index contributed by atoms with van der Waals surface area (Å²) >= 11 is 5.99. The first-order valence-electron chi connectivity index (χ1n) is 5.64. The lowest BCUT2D eigenvalue weighted by atomic mass is 10.1. The van der Waals surface area contributed by atoms with Gasteiger partial charge in [-0.1, -0.05) is 17.7 Å². The number of hydrogen-bond acceptors (Lipinski definition) is 3. The van der Waals surface area contributed by atoms with Gasteiger partial charge in [0.25, 0.3) is 0 Å². The predicted octanol–water partition coefficient (Wildman–Crippen LogP) is 2.77. The quantitative estimate of drug-likeness (QED) is 0.865. The molecule has 0 saturated carbocycles. The van der Waals surface area contributed by atoms with Crippen molar-refractivity contribution in [3.63, 3.8) is 0 Å². The molecule has 1 rings (SSSR count). The molecular formula is C13H17ClO4. The molecule has 0 radical (unpaired) electrons. The predicted molar refractivity (Wildman–Crippen MR) is 69.4 cm³/mol. The van der Waals surface area contributed by atoms with Crippen LogP contribution in [-0.2, 0) is 16.0 Å². The van der Waals surface area contributed by atoms with Crippen LogP contribution in [0, 0.1) is 0 Å². The fourth-order valence-corrected chi connectivity index (χ4v) is 1.85. The number of aliphatic carboxylic acids is 1. The molecule has 1 N–H and O–H groups in total. The van der Waals surface area contributed by atoms with Crippen LogP contribution >= 0.6 is 11.6 Å². The average molecular weight is 273 g/mol. The van der Waals surface area contributed by atoms with Crippen molar-refractivity contribution in [2.24, 2.45) is 0 Å². The zero-order valence-electron chi connectivity index (χ0n) is 10.6. The van der Waals surface area contributed by atoms with Gasteiger partial charge in [-0.2, -0.15) is 0 Å². The molecule has 0 heterocycles. The molecule has 4 nitrogen and oxygen atoms in total. The Hall–Kier alpha value is -1.26. The van der Waals surface area contributed by atoms with Crippen LogP contribution in [0.3, 0.4) is 0 Å². The lowest BCUT2D eigenvalue weighted by Crippen LogP contribution is -2.29. The molecule has 18 heavy (non-hydrogen) atoms. The Labute approximate surface area is 111 Å². The Kier molecular flexibility index (Phi) is 5.44. The van der Waals surface area contributed by atoms with E-state index in [0.29, 0.717) is 10.8 Å². The maximum atomic E-state index is 11.1. The van der Waals surface area contributed by atoms with Crippen LogP contribution in [0.25, 0.3) is 0 Å². The number of carbonyl (C=O) groups is 1. The summed E-state index contributed by atoms with van der Waals surface area (Å²) in [6.07, 6.45) is -0.730. The van der Waals surface area contributed by atoms with E-state index in [1.54, 1.807) is 32.0 Å². The third-order valence-corrected chi connectivity index (χ3v) is 2.64. The molecule has 0 aliphatic heterocycles. The Balaban J connectivity index is 2.81. The molecule has 0 aliphatic rings. The number of ether oxygens (including phenoxy) is 2. The first-order valence-corrected chi connectivity index (χ1v) is 6.02. The number of rotatable bonds is 6. The van der Waals surface area contributed by atoms with E-state index in [2.05, 4.69) is 0 Å². The summed E-state index contributed by atoms with van der Waals surface area (Å²) in [5.74, 6) is -0.410. The van der Waals surface area contributed by atoms with E-state index in [0.717, 1.165) is 5.56 Å². The number of carboxylic acid groups (broad SMARTS) is 1. The van der Waals surface area contributed by atoms with Crippen molar-refractivity contribution in [2.75, 3.05) is 7.11 Å². The minimum atomic E-state index is -0.976. The zero-order chi connectivity index (χ0) is 13.7. The second-order valence-corrected chi connectivity index (χ2v) is 4.59. The third-order valence-electron chi connectivity index (χ3n) is 2.35. The highest BCUT2D eigenvalue weighted by Gasteiger charge is 2.20. The molecule has 0 fully saturated rings. The van der Waals surface area contributed by atoms with Crippen molar-refractivity contribution >= 4 is 17.6 Å². The van der Waals surface area contributed by atoms with Gasteiger partial charge in [-0.3, -0.25) is 0 Å². The monoisotopic (exact) mass is 272 g/mol. The largest absolute Gasteiger partial charge is 0.495 e. The fourth-order valence-electron chi connectivity index (χ4n) is 1.57. The Morgan fingerprint density at radius 2 is 2.11 bits per heavy atom. The molecular weight excluding hydrogens is 256 g/mol. The van der Waals surface area contributed by atoms with Crippen LogP contribution in [0.2, 0.25) is 5.02 Å². The van der Waals surface area contributed by atoms with Gasteiger partial charge in [0.15, 0.2) is 6.10 Å². The van der Waals surface area contributed by atoms with E-state index in [-0.39, 0.29) is 12.5 Å². The summed E-state index contributed by atoms with van der Waals surface area (Å²) in [5.41, 5.74) is 0.800. The smallest absolute Gasteiger partial charge is 0.333 e. The molecule has 5 heteroatoms. The molecule has 0 amide bonds. The van der Waals surface area contributed by atoms with E-state index >= 15 is 0 Å². The summed E-state index contributed by atoms with van der Waals surface area (Å²) in [5, 5.41) is 9.53. The van der Waals surface area contributed by atoms with E-state index in [4.69, 9.17) is 26.2 Å². The molecule has 100 valence electrons. The maximum Gasteiger partial charge on any atom is 0.333 e. The van der Waals surface area contributed by atoms with E-state index in [1.807, 2.05) is 0 Å². The number of carboxylic acids is 1. The number of halogens is 1. The van der Waals surface area contributed by atoms with Crippen LogP contribution in [-0.4, -0.2) is 30.4 Å². The van der Waals surface area contributed by atoms with Crippen molar-refractivity contribution in [1.82, 2.24) is 0 Å². The van der Waals surface area contributed by atoms with Gasteiger partial charge in [0.05, 0.1) is 18.2 Å². The summed E-state index contributed by atoms with van der Waals surface area (Å²) < 4.78 is 10.4. The van der Waals surface area contributed by atoms with Crippen LogP contribution < -0.4 is 4.74 Å². The third kappa shape index (κ3) is 4.20. The Bertz CT molecular complexity index is 417. The van der Waals surface area contributed by atoms with Crippen molar-refractivity contribution in [1.29, 1.82) is 0 Å². The molecule has 0 bridgehead atoms.